The summed E-state index contributed by atoms with van der Waals surface area (Å²) < 4.78 is 15.6. The molecule has 0 spiro atoms. The van der Waals surface area contributed by atoms with Crippen molar-refractivity contribution in [1.82, 2.24) is 0 Å². The Hall–Kier alpha value is -0.650. The highest BCUT2D eigenvalue weighted by Crippen LogP contribution is 2.05. The fraction of sp³-hybridized carbons (Fsp3) is 0.917. The maximum Gasteiger partial charge on any atom is 0.322 e. The lowest BCUT2D eigenvalue weighted by molar-refractivity contribution is -0.145. The molecular formula is C12H25NO4. The number of rotatable bonds is 8. The molecule has 0 aromatic rings. The standard InChI is InChI=1S/C12H25NO4/c1-5-16-11(14)10(13)6-7-15-8-9-17-12(2,3)4/h10H,5-9,13H2,1-4H3. The molecular weight excluding hydrogens is 222 g/mol. The van der Waals surface area contributed by atoms with Crippen molar-refractivity contribution in [1.29, 1.82) is 0 Å². The number of nitrogens with two attached hydrogens (primary N) is 1. The molecule has 2 N–H and O–H groups in total. The lowest BCUT2D eigenvalue weighted by Crippen LogP contribution is -2.33. The first-order valence-corrected chi connectivity index (χ1v) is 6.00. The summed E-state index contributed by atoms with van der Waals surface area (Å²) in [5.41, 5.74) is 5.45. The van der Waals surface area contributed by atoms with E-state index in [4.69, 9.17) is 19.9 Å². The summed E-state index contributed by atoms with van der Waals surface area (Å²) in [6.45, 7) is 9.56. The van der Waals surface area contributed by atoms with Gasteiger partial charge in [0.2, 0.25) is 0 Å². The Morgan fingerprint density at radius 3 is 2.41 bits per heavy atom. The van der Waals surface area contributed by atoms with Gasteiger partial charge in [-0.2, -0.15) is 0 Å². The number of carbonyl (C=O) groups is 1. The summed E-state index contributed by atoms with van der Waals surface area (Å²) in [5, 5.41) is 0. The Bertz CT molecular complexity index is 213. The van der Waals surface area contributed by atoms with E-state index >= 15 is 0 Å². The van der Waals surface area contributed by atoms with Crippen molar-refractivity contribution in [2.75, 3.05) is 26.4 Å². The van der Waals surface area contributed by atoms with Gasteiger partial charge in [0, 0.05) is 6.61 Å². The summed E-state index contributed by atoms with van der Waals surface area (Å²) in [6.07, 6.45) is 0.467. The molecule has 0 aromatic heterocycles. The highest BCUT2D eigenvalue weighted by Gasteiger charge is 2.14. The van der Waals surface area contributed by atoms with Crippen molar-refractivity contribution in [2.45, 2.75) is 45.8 Å². The minimum atomic E-state index is -0.599. The molecule has 0 aromatic carbocycles. The lowest BCUT2D eigenvalue weighted by atomic mass is 10.2. The second-order valence-corrected chi connectivity index (χ2v) is 4.72. The first kappa shape index (κ1) is 16.4. The predicted octanol–water partition coefficient (Wildman–Crippen LogP) is 1.10. The Morgan fingerprint density at radius 2 is 1.88 bits per heavy atom. The first-order valence-electron chi connectivity index (χ1n) is 6.00. The summed E-state index contributed by atoms with van der Waals surface area (Å²) in [4.78, 5) is 11.2. The van der Waals surface area contributed by atoms with Crippen LogP contribution in [0.2, 0.25) is 0 Å². The average Bonchev–Trinajstić information content (AvgIpc) is 2.21. The van der Waals surface area contributed by atoms with Crippen LogP contribution in [0.4, 0.5) is 0 Å². The van der Waals surface area contributed by atoms with E-state index in [2.05, 4.69) is 0 Å². The number of hydrogen-bond donors (Lipinski definition) is 1. The zero-order valence-corrected chi connectivity index (χ0v) is 11.3. The largest absolute Gasteiger partial charge is 0.465 e. The van der Waals surface area contributed by atoms with Crippen LogP contribution in [-0.2, 0) is 19.0 Å². The van der Waals surface area contributed by atoms with Crippen LogP contribution in [0.3, 0.4) is 0 Å². The number of carbonyl (C=O) groups excluding carboxylic acids is 1. The van der Waals surface area contributed by atoms with Crippen LogP contribution in [0.5, 0.6) is 0 Å². The van der Waals surface area contributed by atoms with Crippen molar-refractivity contribution in [3.63, 3.8) is 0 Å². The molecule has 0 aliphatic heterocycles. The molecule has 0 aliphatic carbocycles. The topological polar surface area (TPSA) is 70.8 Å². The van der Waals surface area contributed by atoms with Crippen LogP contribution in [0.25, 0.3) is 0 Å². The van der Waals surface area contributed by atoms with E-state index in [0.29, 0.717) is 32.8 Å². The predicted molar refractivity (Wildman–Crippen MR) is 65.7 cm³/mol. The molecule has 0 amide bonds. The van der Waals surface area contributed by atoms with Gasteiger partial charge < -0.3 is 19.9 Å². The Kier molecular flexibility index (Phi) is 8.12. The number of esters is 1. The van der Waals surface area contributed by atoms with Crippen molar-refractivity contribution >= 4 is 5.97 Å². The summed E-state index contributed by atoms with van der Waals surface area (Å²) in [5.74, 6) is -0.373. The molecule has 0 fully saturated rings. The van der Waals surface area contributed by atoms with E-state index in [1.165, 1.54) is 0 Å². The van der Waals surface area contributed by atoms with Gasteiger partial charge in [0.25, 0.3) is 0 Å². The number of ether oxygens (including phenoxy) is 3. The highest BCUT2D eigenvalue weighted by molar-refractivity contribution is 5.75. The molecule has 0 heterocycles. The Labute approximate surface area is 104 Å². The molecule has 17 heavy (non-hydrogen) atoms. The van der Waals surface area contributed by atoms with Crippen molar-refractivity contribution in [3.8, 4) is 0 Å². The van der Waals surface area contributed by atoms with Crippen LogP contribution in [-0.4, -0.2) is 44.0 Å². The van der Waals surface area contributed by atoms with Gasteiger partial charge in [-0.25, -0.2) is 0 Å². The maximum absolute atomic E-state index is 11.2. The third-order valence-corrected chi connectivity index (χ3v) is 1.93. The van der Waals surface area contributed by atoms with Gasteiger partial charge in [-0.3, -0.25) is 4.79 Å². The third kappa shape index (κ3) is 10.2. The zero-order chi connectivity index (χ0) is 13.3. The maximum atomic E-state index is 11.2. The molecule has 1 atom stereocenters. The van der Waals surface area contributed by atoms with E-state index in [1.807, 2.05) is 20.8 Å². The van der Waals surface area contributed by atoms with Gasteiger partial charge >= 0.3 is 5.97 Å². The first-order chi connectivity index (χ1) is 7.87. The van der Waals surface area contributed by atoms with Crippen LogP contribution in [0, 0.1) is 0 Å². The van der Waals surface area contributed by atoms with Crippen molar-refractivity contribution in [2.24, 2.45) is 5.73 Å². The highest BCUT2D eigenvalue weighted by atomic mass is 16.5. The number of hydrogen-bond acceptors (Lipinski definition) is 5. The molecule has 0 saturated heterocycles. The van der Waals surface area contributed by atoms with E-state index in [1.54, 1.807) is 6.92 Å². The summed E-state index contributed by atoms with van der Waals surface area (Å²) in [6, 6.07) is -0.599. The smallest absolute Gasteiger partial charge is 0.322 e. The third-order valence-electron chi connectivity index (χ3n) is 1.93. The monoisotopic (exact) mass is 247 g/mol. The van der Waals surface area contributed by atoms with Crippen LogP contribution < -0.4 is 5.73 Å². The second kappa shape index (κ2) is 8.44. The van der Waals surface area contributed by atoms with E-state index in [-0.39, 0.29) is 11.6 Å². The van der Waals surface area contributed by atoms with Crippen LogP contribution >= 0.6 is 0 Å². The molecule has 0 radical (unpaired) electrons. The molecule has 5 heteroatoms. The quantitative estimate of drug-likeness (QED) is 0.513. The molecule has 0 bridgehead atoms. The minimum absolute atomic E-state index is 0.148. The van der Waals surface area contributed by atoms with Gasteiger partial charge in [0.05, 0.1) is 25.4 Å². The second-order valence-electron chi connectivity index (χ2n) is 4.72. The fourth-order valence-corrected chi connectivity index (χ4v) is 1.09. The SMILES string of the molecule is CCOC(=O)C(N)CCOCCOC(C)(C)C. The van der Waals surface area contributed by atoms with Gasteiger partial charge in [0.15, 0.2) is 0 Å². The molecule has 0 aliphatic rings. The summed E-state index contributed by atoms with van der Waals surface area (Å²) >= 11 is 0. The fourth-order valence-electron chi connectivity index (χ4n) is 1.09. The minimum Gasteiger partial charge on any atom is -0.465 e. The lowest BCUT2D eigenvalue weighted by Gasteiger charge is -2.19. The Balaban J connectivity index is 3.42. The summed E-state index contributed by atoms with van der Waals surface area (Å²) in [7, 11) is 0. The molecule has 0 rings (SSSR count). The van der Waals surface area contributed by atoms with E-state index in [0.717, 1.165) is 0 Å². The Morgan fingerprint density at radius 1 is 1.24 bits per heavy atom. The van der Waals surface area contributed by atoms with Gasteiger partial charge in [0.1, 0.15) is 6.04 Å². The average molecular weight is 247 g/mol. The molecule has 0 saturated carbocycles. The van der Waals surface area contributed by atoms with Crippen molar-refractivity contribution in [3.05, 3.63) is 0 Å². The van der Waals surface area contributed by atoms with Crippen LogP contribution in [0.15, 0.2) is 0 Å². The van der Waals surface area contributed by atoms with E-state index in [9.17, 15) is 4.79 Å². The van der Waals surface area contributed by atoms with Gasteiger partial charge in [-0.15, -0.1) is 0 Å². The van der Waals surface area contributed by atoms with E-state index < -0.39 is 6.04 Å². The molecule has 5 nitrogen and oxygen atoms in total. The van der Waals surface area contributed by atoms with Gasteiger partial charge in [-0.05, 0) is 34.1 Å². The van der Waals surface area contributed by atoms with Gasteiger partial charge in [-0.1, -0.05) is 0 Å². The van der Waals surface area contributed by atoms with Crippen molar-refractivity contribution < 1.29 is 19.0 Å². The normalized spacial score (nSPS) is 13.5. The molecule has 102 valence electrons. The van der Waals surface area contributed by atoms with Crippen LogP contribution in [0.1, 0.15) is 34.1 Å². The molecule has 1 unspecified atom stereocenters. The zero-order valence-electron chi connectivity index (χ0n) is 11.3.